The Morgan fingerprint density at radius 1 is 0.800 bits per heavy atom. The van der Waals surface area contributed by atoms with Crippen molar-refractivity contribution in [1.82, 2.24) is 9.80 Å². The van der Waals surface area contributed by atoms with Crippen molar-refractivity contribution in [2.45, 2.75) is 53.5 Å². The molecule has 0 rings (SSSR count). The lowest BCUT2D eigenvalue weighted by molar-refractivity contribution is 0.117. The quantitative estimate of drug-likeness (QED) is 0.643. The van der Waals surface area contributed by atoms with Crippen molar-refractivity contribution in [3.05, 3.63) is 0 Å². The Morgan fingerprint density at radius 3 is 1.67 bits per heavy atom. The summed E-state index contributed by atoms with van der Waals surface area (Å²) in [5.41, 5.74) is 0.309. The largest absolute Gasteiger partial charge is 0.303 e. The Bertz CT molecular complexity index is 145. The predicted octanol–water partition coefficient (Wildman–Crippen LogP) is 2.84. The van der Waals surface area contributed by atoms with E-state index in [-0.39, 0.29) is 0 Å². The third-order valence-corrected chi connectivity index (χ3v) is 3.02. The van der Waals surface area contributed by atoms with Crippen LogP contribution in [0.25, 0.3) is 0 Å². The molecule has 0 bridgehead atoms. The number of likely N-dealkylation sites (N-methyl/N-ethyl adjacent to an activating group) is 1. The van der Waals surface area contributed by atoms with Crippen LogP contribution in [-0.4, -0.2) is 48.1 Å². The molecule has 0 saturated heterocycles. The van der Waals surface area contributed by atoms with E-state index in [1.807, 2.05) is 0 Å². The van der Waals surface area contributed by atoms with E-state index in [4.69, 9.17) is 0 Å². The first-order valence-corrected chi connectivity index (χ1v) is 6.43. The van der Waals surface area contributed by atoms with Gasteiger partial charge in [0.25, 0.3) is 0 Å². The SMILES string of the molecule is CCCN(CCN(CC)CC)C(C)(C)C. The molecule has 92 valence electrons. The van der Waals surface area contributed by atoms with Gasteiger partial charge in [-0.15, -0.1) is 0 Å². The highest BCUT2D eigenvalue weighted by Gasteiger charge is 2.20. The Kier molecular flexibility index (Phi) is 7.20. The zero-order chi connectivity index (χ0) is 11.9. The molecule has 0 unspecified atom stereocenters. The van der Waals surface area contributed by atoms with E-state index in [9.17, 15) is 0 Å². The second-order valence-corrected chi connectivity index (χ2v) is 5.18. The van der Waals surface area contributed by atoms with E-state index in [1.165, 1.54) is 39.1 Å². The van der Waals surface area contributed by atoms with Gasteiger partial charge in [-0.2, -0.15) is 0 Å². The minimum atomic E-state index is 0.309. The minimum absolute atomic E-state index is 0.309. The number of hydrogen-bond acceptors (Lipinski definition) is 2. The van der Waals surface area contributed by atoms with Gasteiger partial charge in [0, 0.05) is 18.6 Å². The minimum Gasteiger partial charge on any atom is -0.303 e. The molecule has 0 saturated carbocycles. The summed E-state index contributed by atoms with van der Waals surface area (Å²) in [6, 6.07) is 0. The van der Waals surface area contributed by atoms with Crippen LogP contribution in [0.15, 0.2) is 0 Å². The summed E-state index contributed by atoms with van der Waals surface area (Å²) in [4.78, 5) is 5.08. The van der Waals surface area contributed by atoms with Gasteiger partial charge in [0.1, 0.15) is 0 Å². The van der Waals surface area contributed by atoms with Crippen LogP contribution >= 0.6 is 0 Å². The van der Waals surface area contributed by atoms with Crippen LogP contribution in [0, 0.1) is 0 Å². The summed E-state index contributed by atoms with van der Waals surface area (Å²) in [5, 5.41) is 0. The molecule has 0 aliphatic carbocycles. The van der Waals surface area contributed by atoms with Crippen molar-refractivity contribution in [2.75, 3.05) is 32.7 Å². The van der Waals surface area contributed by atoms with Crippen LogP contribution in [-0.2, 0) is 0 Å². The predicted molar refractivity (Wildman–Crippen MR) is 69.4 cm³/mol. The molecule has 0 aliphatic heterocycles. The molecule has 0 aromatic carbocycles. The van der Waals surface area contributed by atoms with E-state index in [2.05, 4.69) is 51.3 Å². The van der Waals surface area contributed by atoms with Gasteiger partial charge in [-0.3, -0.25) is 4.90 Å². The summed E-state index contributed by atoms with van der Waals surface area (Å²) >= 11 is 0. The van der Waals surface area contributed by atoms with Gasteiger partial charge in [0.2, 0.25) is 0 Å². The van der Waals surface area contributed by atoms with Gasteiger partial charge in [0.15, 0.2) is 0 Å². The first-order valence-electron chi connectivity index (χ1n) is 6.43. The van der Waals surface area contributed by atoms with Crippen molar-refractivity contribution >= 4 is 0 Å². The van der Waals surface area contributed by atoms with Crippen molar-refractivity contribution < 1.29 is 0 Å². The van der Waals surface area contributed by atoms with Crippen molar-refractivity contribution in [3.8, 4) is 0 Å². The van der Waals surface area contributed by atoms with E-state index < -0.39 is 0 Å². The van der Waals surface area contributed by atoms with Gasteiger partial charge in [-0.05, 0) is 46.8 Å². The highest BCUT2D eigenvalue weighted by atomic mass is 15.2. The molecule has 0 amide bonds. The van der Waals surface area contributed by atoms with Gasteiger partial charge >= 0.3 is 0 Å². The van der Waals surface area contributed by atoms with Crippen LogP contribution in [0.4, 0.5) is 0 Å². The van der Waals surface area contributed by atoms with Crippen molar-refractivity contribution in [1.29, 1.82) is 0 Å². The fourth-order valence-electron chi connectivity index (χ4n) is 1.85. The average molecular weight is 214 g/mol. The maximum atomic E-state index is 2.59. The molecule has 0 N–H and O–H groups in total. The topological polar surface area (TPSA) is 6.48 Å². The van der Waals surface area contributed by atoms with Crippen LogP contribution in [0.3, 0.4) is 0 Å². The number of rotatable bonds is 7. The lowest BCUT2D eigenvalue weighted by Crippen LogP contribution is -2.45. The molecule has 0 spiro atoms. The monoisotopic (exact) mass is 214 g/mol. The normalized spacial score (nSPS) is 12.8. The Balaban J connectivity index is 4.06. The zero-order valence-electron chi connectivity index (χ0n) is 11.6. The number of nitrogens with zero attached hydrogens (tertiary/aromatic N) is 2. The lowest BCUT2D eigenvalue weighted by atomic mass is 10.1. The summed E-state index contributed by atoms with van der Waals surface area (Å²) in [7, 11) is 0. The summed E-state index contributed by atoms with van der Waals surface area (Å²) in [6.45, 7) is 19.6. The molecule has 0 atom stereocenters. The molecule has 0 heterocycles. The summed E-state index contributed by atoms with van der Waals surface area (Å²) < 4.78 is 0. The smallest absolute Gasteiger partial charge is 0.0125 e. The fraction of sp³-hybridized carbons (Fsp3) is 1.00. The zero-order valence-corrected chi connectivity index (χ0v) is 11.6. The van der Waals surface area contributed by atoms with Crippen LogP contribution in [0.2, 0.25) is 0 Å². The molecular weight excluding hydrogens is 184 g/mol. The van der Waals surface area contributed by atoms with E-state index >= 15 is 0 Å². The molecule has 15 heavy (non-hydrogen) atoms. The van der Waals surface area contributed by atoms with Gasteiger partial charge in [0.05, 0.1) is 0 Å². The third kappa shape index (κ3) is 6.16. The lowest BCUT2D eigenvalue weighted by Gasteiger charge is -2.36. The van der Waals surface area contributed by atoms with Gasteiger partial charge in [-0.25, -0.2) is 0 Å². The molecule has 2 heteroatoms. The van der Waals surface area contributed by atoms with Crippen molar-refractivity contribution in [2.24, 2.45) is 0 Å². The first kappa shape index (κ1) is 14.9. The molecule has 0 aromatic rings. The molecule has 0 aliphatic rings. The van der Waals surface area contributed by atoms with E-state index in [1.54, 1.807) is 0 Å². The van der Waals surface area contributed by atoms with Gasteiger partial charge in [-0.1, -0.05) is 20.8 Å². The Labute approximate surface area is 96.6 Å². The van der Waals surface area contributed by atoms with Crippen LogP contribution in [0.1, 0.15) is 48.0 Å². The first-order chi connectivity index (χ1) is 6.95. The molecule has 0 fully saturated rings. The maximum absolute atomic E-state index is 2.59. The average Bonchev–Trinajstić information content (AvgIpc) is 2.16. The summed E-state index contributed by atoms with van der Waals surface area (Å²) in [5.74, 6) is 0. The Morgan fingerprint density at radius 2 is 1.33 bits per heavy atom. The van der Waals surface area contributed by atoms with E-state index in [0.717, 1.165) is 0 Å². The highest BCUT2D eigenvalue weighted by molar-refractivity contribution is 4.76. The third-order valence-electron chi connectivity index (χ3n) is 3.02. The molecule has 0 radical (unpaired) electrons. The second kappa shape index (κ2) is 7.24. The molecule has 0 aromatic heterocycles. The number of hydrogen-bond donors (Lipinski definition) is 0. The summed E-state index contributed by atoms with van der Waals surface area (Å²) in [6.07, 6.45) is 1.25. The highest BCUT2D eigenvalue weighted by Crippen LogP contribution is 2.13. The Hall–Kier alpha value is -0.0800. The second-order valence-electron chi connectivity index (χ2n) is 5.18. The van der Waals surface area contributed by atoms with Crippen LogP contribution in [0.5, 0.6) is 0 Å². The van der Waals surface area contributed by atoms with Crippen LogP contribution < -0.4 is 0 Å². The molecular formula is C13H30N2. The maximum Gasteiger partial charge on any atom is 0.0125 e. The van der Waals surface area contributed by atoms with E-state index in [0.29, 0.717) is 5.54 Å². The molecule has 2 nitrogen and oxygen atoms in total. The standard InChI is InChI=1S/C13H30N2/c1-7-10-15(13(4,5)6)12-11-14(8-2)9-3/h7-12H2,1-6H3. The fourth-order valence-corrected chi connectivity index (χ4v) is 1.85. The van der Waals surface area contributed by atoms with Crippen molar-refractivity contribution in [3.63, 3.8) is 0 Å². The van der Waals surface area contributed by atoms with Gasteiger partial charge < -0.3 is 4.90 Å².